The van der Waals surface area contributed by atoms with Gasteiger partial charge in [-0.25, -0.2) is 0 Å². The summed E-state index contributed by atoms with van der Waals surface area (Å²) in [4.78, 5) is 0. The highest BCUT2D eigenvalue weighted by molar-refractivity contribution is 6.31. The number of aryl methyl sites for hydroxylation is 2. The van der Waals surface area contributed by atoms with Crippen LogP contribution in [0.2, 0.25) is 5.02 Å². The summed E-state index contributed by atoms with van der Waals surface area (Å²) in [5.74, 6) is 0.750. The number of aliphatic hydroxyl groups is 1. The quantitative estimate of drug-likeness (QED) is 0.890. The summed E-state index contributed by atoms with van der Waals surface area (Å²) in [7, 11) is 0. The molecule has 2 aromatic rings. The van der Waals surface area contributed by atoms with E-state index < -0.39 is 0 Å². The molecule has 5 heteroatoms. The van der Waals surface area contributed by atoms with Crippen molar-refractivity contribution in [2.24, 2.45) is 0 Å². The van der Waals surface area contributed by atoms with Gasteiger partial charge in [-0.15, -0.1) is 0 Å². The summed E-state index contributed by atoms with van der Waals surface area (Å²) in [5.41, 5.74) is 2.67. The number of hydrogen-bond donors (Lipinski definition) is 1. The van der Waals surface area contributed by atoms with Crippen LogP contribution >= 0.6 is 11.6 Å². The molecular weight excluding hydrogens is 276 g/mol. The van der Waals surface area contributed by atoms with Crippen molar-refractivity contribution in [1.82, 2.24) is 9.78 Å². The van der Waals surface area contributed by atoms with Crippen molar-refractivity contribution < 1.29 is 9.84 Å². The minimum absolute atomic E-state index is 0.0363. The van der Waals surface area contributed by atoms with Gasteiger partial charge >= 0.3 is 0 Å². The number of hydrogen-bond acceptors (Lipinski definition) is 3. The first-order chi connectivity index (χ1) is 9.69. The lowest BCUT2D eigenvalue weighted by Gasteiger charge is -2.08. The van der Waals surface area contributed by atoms with Crippen LogP contribution in [-0.4, -0.2) is 14.9 Å². The molecule has 0 saturated carbocycles. The Kier molecular flexibility index (Phi) is 5.04. The summed E-state index contributed by atoms with van der Waals surface area (Å²) < 4.78 is 7.62. The zero-order chi connectivity index (χ0) is 14.5. The zero-order valence-corrected chi connectivity index (χ0v) is 12.5. The maximum Gasteiger partial charge on any atom is 0.131 e. The molecule has 0 aliphatic rings. The first-order valence-corrected chi connectivity index (χ1v) is 7.14. The second-order valence-electron chi connectivity index (χ2n) is 4.47. The van der Waals surface area contributed by atoms with Crippen LogP contribution in [-0.2, 0) is 26.2 Å². The van der Waals surface area contributed by atoms with E-state index in [9.17, 15) is 0 Å². The SMILES string of the molecule is CCc1nn(CC)c(COc2ccc(CO)cc2)c1Cl. The second kappa shape index (κ2) is 6.77. The molecule has 4 nitrogen and oxygen atoms in total. The Morgan fingerprint density at radius 2 is 1.95 bits per heavy atom. The molecule has 0 bridgehead atoms. The van der Waals surface area contributed by atoms with Gasteiger partial charge in [-0.3, -0.25) is 4.68 Å². The van der Waals surface area contributed by atoms with Crippen LogP contribution in [0, 0.1) is 0 Å². The molecule has 1 aromatic heterocycles. The predicted octanol–water partition coefficient (Wildman–Crippen LogP) is 3.19. The van der Waals surface area contributed by atoms with E-state index in [2.05, 4.69) is 5.10 Å². The van der Waals surface area contributed by atoms with Gasteiger partial charge in [-0.05, 0) is 31.0 Å². The summed E-state index contributed by atoms with van der Waals surface area (Å²) in [6, 6.07) is 7.36. The Hall–Kier alpha value is -1.52. The maximum absolute atomic E-state index is 9.00. The smallest absolute Gasteiger partial charge is 0.131 e. The molecule has 0 unspecified atom stereocenters. The summed E-state index contributed by atoms with van der Waals surface area (Å²) in [5, 5.41) is 14.2. The number of aliphatic hydroxyl groups excluding tert-OH is 1. The van der Waals surface area contributed by atoms with Crippen LogP contribution in [0.1, 0.15) is 30.8 Å². The largest absolute Gasteiger partial charge is 0.487 e. The van der Waals surface area contributed by atoms with E-state index in [1.165, 1.54) is 0 Å². The second-order valence-corrected chi connectivity index (χ2v) is 4.85. The minimum atomic E-state index is 0.0363. The normalized spacial score (nSPS) is 10.8. The Labute approximate surface area is 123 Å². The molecule has 2 rings (SSSR count). The number of nitrogens with zero attached hydrogens (tertiary/aromatic N) is 2. The number of rotatable bonds is 6. The van der Waals surface area contributed by atoms with Gasteiger partial charge in [0, 0.05) is 6.54 Å². The lowest BCUT2D eigenvalue weighted by atomic mass is 10.2. The molecule has 108 valence electrons. The van der Waals surface area contributed by atoms with Crippen LogP contribution in [0.25, 0.3) is 0 Å². The molecule has 0 radical (unpaired) electrons. The Morgan fingerprint density at radius 3 is 2.50 bits per heavy atom. The minimum Gasteiger partial charge on any atom is -0.487 e. The number of benzene rings is 1. The van der Waals surface area contributed by atoms with Crippen molar-refractivity contribution in [3.05, 3.63) is 46.2 Å². The molecule has 0 amide bonds. The Morgan fingerprint density at radius 1 is 1.25 bits per heavy atom. The van der Waals surface area contributed by atoms with Crippen molar-refractivity contribution in [1.29, 1.82) is 0 Å². The van der Waals surface area contributed by atoms with Crippen molar-refractivity contribution in [3.63, 3.8) is 0 Å². The molecule has 0 spiro atoms. The van der Waals surface area contributed by atoms with E-state index in [-0.39, 0.29) is 6.61 Å². The average molecular weight is 295 g/mol. The van der Waals surface area contributed by atoms with Crippen LogP contribution in [0.15, 0.2) is 24.3 Å². The molecule has 0 atom stereocenters. The predicted molar refractivity (Wildman–Crippen MR) is 79.0 cm³/mol. The van der Waals surface area contributed by atoms with Gasteiger partial charge in [-0.1, -0.05) is 30.7 Å². The summed E-state index contributed by atoms with van der Waals surface area (Å²) in [6.07, 6.45) is 0.810. The van der Waals surface area contributed by atoms with Gasteiger partial charge in [0.05, 0.1) is 23.0 Å². The van der Waals surface area contributed by atoms with Gasteiger partial charge < -0.3 is 9.84 Å². The summed E-state index contributed by atoms with van der Waals surface area (Å²) >= 11 is 6.33. The standard InChI is InChI=1S/C15H19ClN2O2/c1-3-13-15(16)14(18(4-2)17-13)10-20-12-7-5-11(9-19)6-8-12/h5-8,19H,3-4,9-10H2,1-2H3. The van der Waals surface area contributed by atoms with Crippen LogP contribution in [0.5, 0.6) is 5.75 Å². The zero-order valence-electron chi connectivity index (χ0n) is 11.8. The molecule has 0 aliphatic heterocycles. The maximum atomic E-state index is 9.00. The highest BCUT2D eigenvalue weighted by Gasteiger charge is 2.14. The van der Waals surface area contributed by atoms with Gasteiger partial charge in [0.2, 0.25) is 0 Å². The Bertz CT molecular complexity index is 564. The van der Waals surface area contributed by atoms with Crippen LogP contribution in [0.4, 0.5) is 0 Å². The van der Waals surface area contributed by atoms with Crippen LogP contribution in [0.3, 0.4) is 0 Å². The van der Waals surface area contributed by atoms with Crippen molar-refractivity contribution in [2.75, 3.05) is 0 Å². The van der Waals surface area contributed by atoms with Gasteiger partial charge in [0.15, 0.2) is 0 Å². The van der Waals surface area contributed by atoms with E-state index in [4.69, 9.17) is 21.4 Å². The van der Waals surface area contributed by atoms with Crippen molar-refractivity contribution >= 4 is 11.6 Å². The molecule has 1 heterocycles. The first-order valence-electron chi connectivity index (χ1n) is 6.76. The van der Waals surface area contributed by atoms with Crippen molar-refractivity contribution in [3.8, 4) is 5.75 Å². The number of aromatic nitrogens is 2. The molecule has 1 N–H and O–H groups in total. The lowest BCUT2D eigenvalue weighted by molar-refractivity contribution is 0.279. The monoisotopic (exact) mass is 294 g/mol. The molecule has 0 aliphatic carbocycles. The summed E-state index contributed by atoms with van der Waals surface area (Å²) in [6.45, 7) is 5.25. The highest BCUT2D eigenvalue weighted by Crippen LogP contribution is 2.23. The van der Waals surface area contributed by atoms with E-state index >= 15 is 0 Å². The average Bonchev–Trinajstić information content (AvgIpc) is 2.81. The molecular formula is C15H19ClN2O2. The van der Waals surface area contributed by atoms with Crippen LogP contribution < -0.4 is 4.74 Å². The molecule has 20 heavy (non-hydrogen) atoms. The molecule has 0 fully saturated rings. The Balaban J connectivity index is 2.11. The fourth-order valence-corrected chi connectivity index (χ4v) is 2.32. The van der Waals surface area contributed by atoms with Gasteiger partial charge in [0.25, 0.3) is 0 Å². The molecule has 1 aromatic carbocycles. The highest BCUT2D eigenvalue weighted by atomic mass is 35.5. The van der Waals surface area contributed by atoms with Gasteiger partial charge in [-0.2, -0.15) is 5.10 Å². The fourth-order valence-electron chi connectivity index (χ4n) is 2.00. The van der Waals surface area contributed by atoms with E-state index in [0.29, 0.717) is 11.6 Å². The third-order valence-corrected chi connectivity index (χ3v) is 3.61. The van der Waals surface area contributed by atoms with Gasteiger partial charge in [0.1, 0.15) is 12.4 Å². The fraction of sp³-hybridized carbons (Fsp3) is 0.400. The number of halogens is 1. The number of ether oxygens (including phenoxy) is 1. The van der Waals surface area contributed by atoms with E-state index in [1.807, 2.05) is 42.8 Å². The van der Waals surface area contributed by atoms with E-state index in [0.717, 1.165) is 35.7 Å². The van der Waals surface area contributed by atoms with Crippen molar-refractivity contribution in [2.45, 2.75) is 40.0 Å². The third-order valence-electron chi connectivity index (χ3n) is 3.18. The topological polar surface area (TPSA) is 47.3 Å². The first kappa shape index (κ1) is 14.9. The molecule has 0 saturated heterocycles. The van der Waals surface area contributed by atoms with E-state index in [1.54, 1.807) is 0 Å². The third kappa shape index (κ3) is 3.14. The lowest BCUT2D eigenvalue weighted by Crippen LogP contribution is -2.06.